The lowest BCUT2D eigenvalue weighted by molar-refractivity contribution is -0.127. The molecule has 0 saturated carbocycles. The molecule has 0 aliphatic rings. The molecule has 1 N–H and O–H groups in total. The smallest absolute Gasteiger partial charge is 0.260 e. The van der Waals surface area contributed by atoms with Gasteiger partial charge in [0.1, 0.15) is 5.75 Å². The third kappa shape index (κ3) is 5.12. The van der Waals surface area contributed by atoms with Gasteiger partial charge in [0.25, 0.3) is 5.91 Å². The van der Waals surface area contributed by atoms with Crippen LogP contribution in [-0.2, 0) is 11.2 Å². The van der Waals surface area contributed by atoms with E-state index in [4.69, 9.17) is 4.74 Å². The van der Waals surface area contributed by atoms with E-state index in [2.05, 4.69) is 17.4 Å². The molecule has 0 aromatic heterocycles. The fourth-order valence-corrected chi connectivity index (χ4v) is 2.56. The third-order valence-corrected chi connectivity index (χ3v) is 4.33. The van der Waals surface area contributed by atoms with Crippen LogP contribution in [0.25, 0.3) is 0 Å². The third-order valence-electron chi connectivity index (χ3n) is 4.33. The minimum Gasteiger partial charge on any atom is -0.481 e. The summed E-state index contributed by atoms with van der Waals surface area (Å²) >= 11 is 0. The molecule has 2 rings (SSSR count). The number of hydrogen-bond donors (Lipinski definition) is 1. The largest absolute Gasteiger partial charge is 0.481 e. The van der Waals surface area contributed by atoms with Crippen molar-refractivity contribution < 1.29 is 9.53 Å². The van der Waals surface area contributed by atoms with Gasteiger partial charge in [-0.1, -0.05) is 42.5 Å². The van der Waals surface area contributed by atoms with E-state index in [1.807, 2.05) is 57.2 Å². The van der Waals surface area contributed by atoms with Gasteiger partial charge in [-0.2, -0.15) is 0 Å². The zero-order valence-electron chi connectivity index (χ0n) is 15.0. The van der Waals surface area contributed by atoms with Crippen molar-refractivity contribution in [3.05, 3.63) is 65.2 Å². The van der Waals surface area contributed by atoms with Gasteiger partial charge < -0.3 is 10.1 Å². The van der Waals surface area contributed by atoms with Crippen LogP contribution < -0.4 is 10.1 Å². The van der Waals surface area contributed by atoms with Crippen molar-refractivity contribution >= 4 is 5.91 Å². The Morgan fingerprint density at radius 1 is 1.04 bits per heavy atom. The Morgan fingerprint density at radius 2 is 1.75 bits per heavy atom. The van der Waals surface area contributed by atoms with Crippen LogP contribution in [0.1, 0.15) is 37.0 Å². The second kappa shape index (κ2) is 8.53. The zero-order chi connectivity index (χ0) is 17.5. The van der Waals surface area contributed by atoms with Crippen LogP contribution in [0.5, 0.6) is 5.75 Å². The first-order valence-corrected chi connectivity index (χ1v) is 8.54. The van der Waals surface area contributed by atoms with E-state index in [0.29, 0.717) is 0 Å². The van der Waals surface area contributed by atoms with Crippen LogP contribution >= 0.6 is 0 Å². The van der Waals surface area contributed by atoms with Crippen LogP contribution in [0.15, 0.2) is 48.5 Å². The molecule has 0 spiro atoms. The molecule has 0 unspecified atom stereocenters. The number of rotatable bonds is 7. The Balaban J connectivity index is 1.83. The number of carbonyl (C=O) groups is 1. The summed E-state index contributed by atoms with van der Waals surface area (Å²) in [7, 11) is 0. The highest BCUT2D eigenvalue weighted by Crippen LogP contribution is 2.21. The van der Waals surface area contributed by atoms with E-state index in [9.17, 15) is 4.79 Å². The highest BCUT2D eigenvalue weighted by Gasteiger charge is 2.17. The molecule has 0 fully saturated rings. The molecule has 0 radical (unpaired) electrons. The van der Waals surface area contributed by atoms with E-state index in [1.54, 1.807) is 6.92 Å². The predicted octanol–water partition coefficient (Wildman–Crippen LogP) is 4.21. The van der Waals surface area contributed by atoms with Crippen molar-refractivity contribution in [2.24, 2.45) is 0 Å². The average Bonchev–Trinajstić information content (AvgIpc) is 2.58. The lowest BCUT2D eigenvalue weighted by Crippen LogP contribution is -2.41. The minimum absolute atomic E-state index is 0.0727. The maximum atomic E-state index is 12.3. The maximum absolute atomic E-state index is 12.3. The molecular weight excluding hydrogens is 298 g/mol. The fourth-order valence-electron chi connectivity index (χ4n) is 2.56. The first kappa shape index (κ1) is 18.1. The molecule has 3 nitrogen and oxygen atoms in total. The van der Waals surface area contributed by atoms with Gasteiger partial charge in [-0.05, 0) is 63.3 Å². The highest BCUT2D eigenvalue weighted by molar-refractivity contribution is 5.81. The number of ether oxygens (including phenoxy) is 1. The van der Waals surface area contributed by atoms with E-state index in [-0.39, 0.29) is 11.9 Å². The number of hydrogen-bond acceptors (Lipinski definition) is 2. The van der Waals surface area contributed by atoms with E-state index in [0.717, 1.165) is 29.7 Å². The van der Waals surface area contributed by atoms with Crippen molar-refractivity contribution in [2.45, 2.75) is 52.7 Å². The molecule has 0 saturated heterocycles. The molecule has 0 aliphatic heterocycles. The van der Waals surface area contributed by atoms with Crippen LogP contribution in [0, 0.1) is 13.8 Å². The average molecular weight is 325 g/mol. The summed E-state index contributed by atoms with van der Waals surface area (Å²) in [6, 6.07) is 16.3. The molecule has 3 heteroatoms. The van der Waals surface area contributed by atoms with Gasteiger partial charge in [0, 0.05) is 6.04 Å². The van der Waals surface area contributed by atoms with Gasteiger partial charge in [0.2, 0.25) is 0 Å². The molecule has 2 aromatic carbocycles. The van der Waals surface area contributed by atoms with Gasteiger partial charge in [0.05, 0.1) is 0 Å². The van der Waals surface area contributed by atoms with Crippen LogP contribution in [0.3, 0.4) is 0 Å². The van der Waals surface area contributed by atoms with Crippen molar-refractivity contribution in [1.82, 2.24) is 5.32 Å². The van der Waals surface area contributed by atoms with E-state index in [1.165, 1.54) is 5.56 Å². The maximum Gasteiger partial charge on any atom is 0.260 e. The van der Waals surface area contributed by atoms with Crippen molar-refractivity contribution in [1.29, 1.82) is 0 Å². The first-order chi connectivity index (χ1) is 11.5. The Morgan fingerprint density at radius 3 is 2.46 bits per heavy atom. The Labute approximate surface area is 145 Å². The second-order valence-corrected chi connectivity index (χ2v) is 6.39. The van der Waals surface area contributed by atoms with Crippen molar-refractivity contribution in [2.75, 3.05) is 0 Å². The van der Waals surface area contributed by atoms with Gasteiger partial charge in [0.15, 0.2) is 6.10 Å². The fraction of sp³-hybridized carbons (Fsp3) is 0.381. The van der Waals surface area contributed by atoms with Gasteiger partial charge in [-0.3, -0.25) is 4.79 Å². The number of amides is 1. The van der Waals surface area contributed by atoms with Gasteiger partial charge in [-0.15, -0.1) is 0 Å². The SMILES string of the molecule is Cc1cccc(O[C@@H](C)C(=O)N[C@H](C)CCc2ccccc2)c1C. The monoisotopic (exact) mass is 325 g/mol. The summed E-state index contributed by atoms with van der Waals surface area (Å²) in [5.41, 5.74) is 3.53. The summed E-state index contributed by atoms with van der Waals surface area (Å²) in [4.78, 5) is 12.3. The van der Waals surface area contributed by atoms with Crippen LogP contribution in [-0.4, -0.2) is 18.1 Å². The van der Waals surface area contributed by atoms with E-state index < -0.39 is 6.10 Å². The first-order valence-electron chi connectivity index (χ1n) is 8.54. The molecule has 2 atom stereocenters. The molecular formula is C21H27NO2. The summed E-state index contributed by atoms with van der Waals surface area (Å²) in [6.07, 6.45) is 1.35. The lowest BCUT2D eigenvalue weighted by Gasteiger charge is -2.20. The molecule has 0 bridgehead atoms. The summed E-state index contributed by atoms with van der Waals surface area (Å²) in [5, 5.41) is 3.04. The molecule has 24 heavy (non-hydrogen) atoms. The predicted molar refractivity (Wildman–Crippen MR) is 98.4 cm³/mol. The molecule has 0 heterocycles. The number of nitrogens with one attached hydrogen (secondary N) is 1. The van der Waals surface area contributed by atoms with Crippen LogP contribution in [0.4, 0.5) is 0 Å². The standard InChI is InChI=1S/C21H27NO2/c1-15-9-8-12-20(17(15)3)24-18(4)21(23)22-16(2)13-14-19-10-6-5-7-11-19/h5-12,16,18H,13-14H2,1-4H3,(H,22,23)/t16-,18+/m1/s1. The minimum atomic E-state index is -0.510. The quantitative estimate of drug-likeness (QED) is 0.828. The molecule has 0 aliphatic carbocycles. The Bertz CT molecular complexity index is 667. The molecule has 2 aromatic rings. The Hall–Kier alpha value is -2.29. The van der Waals surface area contributed by atoms with Gasteiger partial charge >= 0.3 is 0 Å². The summed E-state index contributed by atoms with van der Waals surface area (Å²) in [5.74, 6) is 0.700. The number of benzene rings is 2. The lowest BCUT2D eigenvalue weighted by atomic mass is 10.1. The zero-order valence-corrected chi connectivity index (χ0v) is 15.0. The Kier molecular flexibility index (Phi) is 6.42. The van der Waals surface area contributed by atoms with Gasteiger partial charge in [-0.25, -0.2) is 0 Å². The molecule has 128 valence electrons. The summed E-state index contributed by atoms with van der Waals surface area (Å²) in [6.45, 7) is 7.88. The van der Waals surface area contributed by atoms with E-state index >= 15 is 0 Å². The summed E-state index contributed by atoms with van der Waals surface area (Å²) < 4.78 is 5.84. The second-order valence-electron chi connectivity index (χ2n) is 6.39. The number of aryl methyl sites for hydroxylation is 2. The topological polar surface area (TPSA) is 38.3 Å². The highest BCUT2D eigenvalue weighted by atomic mass is 16.5. The van der Waals surface area contributed by atoms with Crippen molar-refractivity contribution in [3.8, 4) is 5.75 Å². The molecule has 1 amide bonds. The normalized spacial score (nSPS) is 13.2. The van der Waals surface area contributed by atoms with Crippen molar-refractivity contribution in [3.63, 3.8) is 0 Å². The number of carbonyl (C=O) groups excluding carboxylic acids is 1. The van der Waals surface area contributed by atoms with Crippen LogP contribution in [0.2, 0.25) is 0 Å².